The van der Waals surface area contributed by atoms with Crippen LogP contribution in [0, 0.1) is 17.1 Å². The molecule has 184 valence electrons. The van der Waals surface area contributed by atoms with Crippen molar-refractivity contribution in [3.63, 3.8) is 0 Å². The number of imidazole rings is 1. The predicted molar refractivity (Wildman–Crippen MR) is 124 cm³/mol. The molecule has 4 aromatic rings. The summed E-state index contributed by atoms with van der Waals surface area (Å²) in [6, 6.07) is 9.76. The molecule has 1 saturated heterocycles. The van der Waals surface area contributed by atoms with Gasteiger partial charge in [-0.15, -0.1) is 0 Å². The topological polar surface area (TPSA) is 88.6 Å². The lowest BCUT2D eigenvalue weighted by atomic mass is 10.1. The molecule has 0 radical (unpaired) electrons. The average Bonchev–Trinajstić information content (AvgIpc) is 3.21. The van der Waals surface area contributed by atoms with Crippen LogP contribution in [0.5, 0.6) is 5.75 Å². The van der Waals surface area contributed by atoms with Crippen molar-refractivity contribution in [3.8, 4) is 22.9 Å². The van der Waals surface area contributed by atoms with E-state index in [1.54, 1.807) is 41.2 Å². The van der Waals surface area contributed by atoms with Gasteiger partial charge in [-0.3, -0.25) is 0 Å². The normalized spacial score (nSPS) is 13.8. The zero-order chi connectivity index (χ0) is 25.1. The summed E-state index contributed by atoms with van der Waals surface area (Å²) < 4.78 is 52.6. The molecular formula is C25H21F3N6O2. The standard InChI is InChI=1S/C25H21F3N6O2/c26-19-12-23-32-20(5-6-29)21(11-16-3-1-2-4-22(16)36-24(27)28)34(23)15-18(19)17-13-30-25(31-14-17)33-7-9-35-10-8-33/h1-4,12-15,24H,5,7-11H2. The third-order valence-electron chi connectivity index (χ3n) is 5.93. The molecular weight excluding hydrogens is 473 g/mol. The molecule has 3 aromatic heterocycles. The van der Waals surface area contributed by atoms with Crippen molar-refractivity contribution in [2.24, 2.45) is 0 Å². The fraction of sp³-hybridized carbons (Fsp3) is 0.280. The number of anilines is 1. The Morgan fingerprint density at radius 1 is 1.14 bits per heavy atom. The number of pyridine rings is 1. The Labute approximate surface area is 204 Å². The van der Waals surface area contributed by atoms with E-state index in [9.17, 15) is 14.0 Å². The zero-order valence-corrected chi connectivity index (χ0v) is 19.1. The number of para-hydroxylation sites is 1. The number of nitriles is 1. The van der Waals surface area contributed by atoms with Crippen LogP contribution in [0.2, 0.25) is 0 Å². The van der Waals surface area contributed by atoms with E-state index in [1.165, 1.54) is 12.1 Å². The van der Waals surface area contributed by atoms with Crippen molar-refractivity contribution in [1.82, 2.24) is 19.4 Å². The first-order valence-corrected chi connectivity index (χ1v) is 11.3. The van der Waals surface area contributed by atoms with Crippen LogP contribution in [-0.2, 0) is 17.6 Å². The summed E-state index contributed by atoms with van der Waals surface area (Å²) in [5.41, 5.74) is 2.51. The van der Waals surface area contributed by atoms with Crippen LogP contribution in [0.3, 0.4) is 0 Å². The second kappa shape index (κ2) is 10.2. The lowest BCUT2D eigenvalue weighted by Crippen LogP contribution is -2.37. The van der Waals surface area contributed by atoms with Crippen molar-refractivity contribution in [3.05, 3.63) is 71.7 Å². The number of alkyl halides is 2. The summed E-state index contributed by atoms with van der Waals surface area (Å²) in [6.45, 7) is -0.437. The second-order valence-electron chi connectivity index (χ2n) is 8.14. The van der Waals surface area contributed by atoms with E-state index in [-0.39, 0.29) is 24.2 Å². The van der Waals surface area contributed by atoms with Gasteiger partial charge < -0.3 is 18.8 Å². The van der Waals surface area contributed by atoms with Crippen LogP contribution in [0.4, 0.5) is 19.1 Å². The van der Waals surface area contributed by atoms with E-state index in [4.69, 9.17) is 4.74 Å². The van der Waals surface area contributed by atoms with Crippen LogP contribution >= 0.6 is 0 Å². The van der Waals surface area contributed by atoms with Crippen LogP contribution in [-0.4, -0.2) is 52.3 Å². The number of halogens is 3. The van der Waals surface area contributed by atoms with Crippen LogP contribution < -0.4 is 9.64 Å². The highest BCUT2D eigenvalue weighted by Gasteiger charge is 2.20. The van der Waals surface area contributed by atoms with E-state index < -0.39 is 12.4 Å². The van der Waals surface area contributed by atoms with Gasteiger partial charge in [0.05, 0.1) is 37.1 Å². The maximum absolute atomic E-state index is 15.1. The molecule has 0 unspecified atom stereocenters. The third-order valence-corrected chi connectivity index (χ3v) is 5.93. The Balaban J connectivity index is 1.54. The molecule has 5 rings (SSSR count). The van der Waals surface area contributed by atoms with Gasteiger partial charge in [0.1, 0.15) is 17.2 Å². The molecule has 36 heavy (non-hydrogen) atoms. The maximum atomic E-state index is 15.1. The summed E-state index contributed by atoms with van der Waals surface area (Å²) >= 11 is 0. The van der Waals surface area contributed by atoms with Gasteiger partial charge in [-0.05, 0) is 6.07 Å². The molecule has 1 aliphatic rings. The van der Waals surface area contributed by atoms with Gasteiger partial charge in [0.2, 0.25) is 5.95 Å². The minimum Gasteiger partial charge on any atom is -0.435 e. The molecule has 0 amide bonds. The molecule has 0 saturated carbocycles. The first kappa shape index (κ1) is 23.6. The number of benzene rings is 1. The maximum Gasteiger partial charge on any atom is 0.387 e. The smallest absolute Gasteiger partial charge is 0.387 e. The van der Waals surface area contributed by atoms with Gasteiger partial charge in [-0.1, -0.05) is 18.2 Å². The second-order valence-corrected chi connectivity index (χ2v) is 8.14. The SMILES string of the molecule is N#CCc1nc2cc(F)c(-c3cnc(N4CCOCC4)nc3)cn2c1Cc1ccccc1OC(F)F. The highest BCUT2D eigenvalue weighted by Crippen LogP contribution is 2.29. The van der Waals surface area contributed by atoms with Crippen LogP contribution in [0.15, 0.2) is 48.9 Å². The molecule has 8 nitrogen and oxygen atoms in total. The zero-order valence-electron chi connectivity index (χ0n) is 19.1. The Hall–Kier alpha value is -4.17. The van der Waals surface area contributed by atoms with Gasteiger partial charge in [0.15, 0.2) is 0 Å². The largest absolute Gasteiger partial charge is 0.435 e. The molecule has 0 N–H and O–H groups in total. The van der Waals surface area contributed by atoms with Crippen molar-refractivity contribution in [2.75, 3.05) is 31.2 Å². The van der Waals surface area contributed by atoms with Crippen LogP contribution in [0.1, 0.15) is 17.0 Å². The number of hydrogen-bond acceptors (Lipinski definition) is 7. The molecule has 11 heteroatoms. The van der Waals surface area contributed by atoms with Crippen molar-refractivity contribution >= 4 is 11.6 Å². The monoisotopic (exact) mass is 494 g/mol. The summed E-state index contributed by atoms with van der Waals surface area (Å²) in [7, 11) is 0. The Morgan fingerprint density at radius 3 is 2.61 bits per heavy atom. The molecule has 0 spiro atoms. The van der Waals surface area contributed by atoms with Crippen molar-refractivity contribution in [2.45, 2.75) is 19.5 Å². The molecule has 1 aromatic carbocycles. The van der Waals surface area contributed by atoms with Crippen LogP contribution in [0.25, 0.3) is 16.8 Å². The molecule has 1 aliphatic heterocycles. The first-order valence-electron chi connectivity index (χ1n) is 11.3. The van der Waals surface area contributed by atoms with Gasteiger partial charge in [-0.25, -0.2) is 19.3 Å². The van der Waals surface area contributed by atoms with Crippen molar-refractivity contribution in [1.29, 1.82) is 5.26 Å². The predicted octanol–water partition coefficient (Wildman–Crippen LogP) is 4.03. The van der Waals surface area contributed by atoms with Gasteiger partial charge in [0.25, 0.3) is 0 Å². The third kappa shape index (κ3) is 4.81. The molecule has 0 aliphatic carbocycles. The van der Waals surface area contributed by atoms with E-state index in [0.29, 0.717) is 60.4 Å². The molecule has 4 heterocycles. The fourth-order valence-corrected chi connectivity index (χ4v) is 4.21. The number of fused-ring (bicyclic) bond motifs is 1. The first-order chi connectivity index (χ1) is 17.5. The number of rotatable bonds is 7. The van der Waals surface area contributed by atoms with E-state index in [2.05, 4.69) is 25.8 Å². The Morgan fingerprint density at radius 2 is 1.89 bits per heavy atom. The number of morpholine rings is 1. The van der Waals surface area contributed by atoms with Gasteiger partial charge in [0, 0.05) is 60.9 Å². The fourth-order valence-electron chi connectivity index (χ4n) is 4.21. The molecule has 0 atom stereocenters. The van der Waals surface area contributed by atoms with Gasteiger partial charge >= 0.3 is 6.61 Å². The number of nitrogens with zero attached hydrogens (tertiary/aromatic N) is 6. The lowest BCUT2D eigenvalue weighted by molar-refractivity contribution is -0.0504. The number of hydrogen-bond donors (Lipinski definition) is 0. The summed E-state index contributed by atoms with van der Waals surface area (Å²) in [6.07, 6.45) is 4.81. The highest BCUT2D eigenvalue weighted by molar-refractivity contribution is 5.65. The molecule has 1 fully saturated rings. The number of aromatic nitrogens is 4. The highest BCUT2D eigenvalue weighted by atomic mass is 19.3. The summed E-state index contributed by atoms with van der Waals surface area (Å²) in [5.74, 6) is 0.0466. The summed E-state index contributed by atoms with van der Waals surface area (Å²) in [4.78, 5) is 15.2. The lowest BCUT2D eigenvalue weighted by Gasteiger charge is -2.26. The van der Waals surface area contributed by atoms with E-state index >= 15 is 4.39 Å². The van der Waals surface area contributed by atoms with Gasteiger partial charge in [-0.2, -0.15) is 14.0 Å². The minimum absolute atomic E-state index is 0.0246. The summed E-state index contributed by atoms with van der Waals surface area (Å²) in [5, 5.41) is 9.30. The Bertz CT molecular complexity index is 1410. The molecule has 0 bridgehead atoms. The van der Waals surface area contributed by atoms with E-state index in [0.717, 1.165) is 0 Å². The average molecular weight is 494 g/mol. The minimum atomic E-state index is -2.98. The van der Waals surface area contributed by atoms with Crippen molar-refractivity contribution < 1.29 is 22.6 Å². The number of ether oxygens (including phenoxy) is 2. The quantitative estimate of drug-likeness (QED) is 0.383. The van der Waals surface area contributed by atoms with E-state index in [1.807, 2.05) is 4.90 Å². The Kier molecular flexibility index (Phi) is 6.69.